The third kappa shape index (κ3) is 1.67. The van der Waals surface area contributed by atoms with E-state index in [1.165, 1.54) is 21.7 Å². The largest absolute Gasteiger partial charge is 1.00 e. The van der Waals surface area contributed by atoms with Crippen LogP contribution in [0.15, 0.2) is 54.7 Å². The van der Waals surface area contributed by atoms with E-state index in [0.29, 0.717) is 0 Å². The summed E-state index contributed by atoms with van der Waals surface area (Å²) < 4.78 is 2.18. The van der Waals surface area contributed by atoms with E-state index in [2.05, 4.69) is 66.3 Å². The maximum Gasteiger partial charge on any atom is 0.212 e. The highest BCUT2D eigenvalue weighted by Gasteiger charge is 2.07. The van der Waals surface area contributed by atoms with Gasteiger partial charge in [0.25, 0.3) is 0 Å². The summed E-state index contributed by atoms with van der Waals surface area (Å²) in [5.74, 6) is 0. The molecule has 0 amide bonds. The third-order valence-electron chi connectivity index (χ3n) is 2.87. The number of aryl methyl sites for hydroxylation is 1. The fourth-order valence-corrected chi connectivity index (χ4v) is 2.14. The van der Waals surface area contributed by atoms with Crippen LogP contribution in [0.1, 0.15) is 0 Å². The van der Waals surface area contributed by atoms with Crippen molar-refractivity contribution in [3.8, 4) is 0 Å². The number of benzene rings is 2. The van der Waals surface area contributed by atoms with Gasteiger partial charge in [-0.3, -0.25) is 0 Å². The summed E-state index contributed by atoms with van der Waals surface area (Å²) in [6, 6.07) is 17.0. The molecule has 0 atom stereocenters. The van der Waals surface area contributed by atoms with Crippen LogP contribution in [-0.4, -0.2) is 0 Å². The topological polar surface area (TPSA) is 3.88 Å². The predicted molar refractivity (Wildman–Crippen MR) is 62.6 cm³/mol. The van der Waals surface area contributed by atoms with Gasteiger partial charge in [0.1, 0.15) is 7.05 Å². The number of hydrogen-bond donors (Lipinski definition) is 0. The van der Waals surface area contributed by atoms with E-state index in [0.717, 1.165) is 0 Å². The summed E-state index contributed by atoms with van der Waals surface area (Å²) >= 11 is 0. The van der Waals surface area contributed by atoms with Crippen molar-refractivity contribution in [3.05, 3.63) is 54.7 Å². The smallest absolute Gasteiger partial charge is 0.212 e. The Bertz CT molecular complexity index is 646. The number of nitrogens with zero attached hydrogens (tertiary/aromatic N) is 1. The quantitative estimate of drug-likeness (QED) is 0.307. The van der Waals surface area contributed by atoms with E-state index in [1.807, 2.05) is 0 Å². The molecule has 0 aliphatic rings. The van der Waals surface area contributed by atoms with E-state index < -0.39 is 0 Å². The molecule has 0 bridgehead atoms. The minimum atomic E-state index is 0. The molecular formula is C14H12IN. The van der Waals surface area contributed by atoms with Crippen LogP contribution >= 0.6 is 0 Å². The Labute approximate surface area is 112 Å². The Morgan fingerprint density at radius 2 is 1.44 bits per heavy atom. The van der Waals surface area contributed by atoms with E-state index in [1.54, 1.807) is 0 Å². The number of hydrogen-bond acceptors (Lipinski definition) is 0. The molecule has 0 N–H and O–H groups in total. The normalized spacial score (nSPS) is 10.3. The highest BCUT2D eigenvalue weighted by molar-refractivity contribution is 6.03. The lowest BCUT2D eigenvalue weighted by atomic mass is 10.1. The fourth-order valence-electron chi connectivity index (χ4n) is 2.14. The summed E-state index contributed by atoms with van der Waals surface area (Å²) in [7, 11) is 2.09. The Balaban J connectivity index is 0.000000963. The van der Waals surface area contributed by atoms with Crippen molar-refractivity contribution >= 4 is 21.7 Å². The van der Waals surface area contributed by atoms with Gasteiger partial charge in [0.05, 0.1) is 5.39 Å². The molecule has 1 heterocycles. The molecule has 0 saturated carbocycles. The molecule has 1 nitrogen and oxygen atoms in total. The zero-order chi connectivity index (χ0) is 10.3. The average Bonchev–Trinajstić information content (AvgIpc) is 2.30. The van der Waals surface area contributed by atoms with Crippen LogP contribution in [0.2, 0.25) is 0 Å². The molecule has 0 saturated heterocycles. The van der Waals surface area contributed by atoms with E-state index in [-0.39, 0.29) is 24.0 Å². The van der Waals surface area contributed by atoms with Gasteiger partial charge >= 0.3 is 0 Å². The SMILES string of the molecule is C[n+]1cc2ccccc2c2ccccc21.[I-]. The summed E-state index contributed by atoms with van der Waals surface area (Å²) in [6.45, 7) is 0. The Kier molecular flexibility index (Phi) is 3.10. The van der Waals surface area contributed by atoms with E-state index >= 15 is 0 Å². The molecule has 80 valence electrons. The monoisotopic (exact) mass is 321 g/mol. The Hall–Kier alpha value is -1.16. The molecular weight excluding hydrogens is 309 g/mol. The number of rotatable bonds is 0. The minimum absolute atomic E-state index is 0. The molecule has 1 aromatic heterocycles. The summed E-state index contributed by atoms with van der Waals surface area (Å²) in [6.07, 6.45) is 2.18. The highest BCUT2D eigenvalue weighted by Crippen LogP contribution is 2.21. The Morgan fingerprint density at radius 1 is 0.812 bits per heavy atom. The number of aromatic nitrogens is 1. The molecule has 0 fully saturated rings. The van der Waals surface area contributed by atoms with Crippen molar-refractivity contribution in [1.82, 2.24) is 0 Å². The van der Waals surface area contributed by atoms with Crippen LogP contribution in [0.3, 0.4) is 0 Å². The van der Waals surface area contributed by atoms with Gasteiger partial charge in [0.15, 0.2) is 6.20 Å². The molecule has 3 aromatic rings. The number of para-hydroxylation sites is 1. The molecule has 16 heavy (non-hydrogen) atoms. The van der Waals surface area contributed by atoms with Crippen LogP contribution in [0.4, 0.5) is 0 Å². The third-order valence-corrected chi connectivity index (χ3v) is 2.87. The maximum atomic E-state index is 2.18. The second kappa shape index (κ2) is 4.37. The zero-order valence-corrected chi connectivity index (χ0v) is 11.2. The molecule has 0 aliphatic carbocycles. The molecule has 0 aliphatic heterocycles. The number of pyridine rings is 1. The summed E-state index contributed by atoms with van der Waals surface area (Å²) in [4.78, 5) is 0. The number of halogens is 1. The van der Waals surface area contributed by atoms with Gasteiger partial charge in [-0.1, -0.05) is 30.3 Å². The van der Waals surface area contributed by atoms with Crippen molar-refractivity contribution < 1.29 is 28.5 Å². The second-order valence-electron chi connectivity index (χ2n) is 3.84. The Morgan fingerprint density at radius 3 is 2.25 bits per heavy atom. The zero-order valence-electron chi connectivity index (χ0n) is 9.02. The number of fused-ring (bicyclic) bond motifs is 3. The first-order valence-corrected chi connectivity index (χ1v) is 5.12. The van der Waals surface area contributed by atoms with Crippen LogP contribution in [-0.2, 0) is 7.05 Å². The van der Waals surface area contributed by atoms with Gasteiger partial charge in [-0.05, 0) is 12.1 Å². The lowest BCUT2D eigenvalue weighted by Crippen LogP contribution is -3.00. The van der Waals surface area contributed by atoms with Crippen molar-refractivity contribution in [2.24, 2.45) is 7.05 Å². The van der Waals surface area contributed by atoms with Crippen LogP contribution in [0.25, 0.3) is 21.7 Å². The first-order valence-electron chi connectivity index (χ1n) is 5.12. The predicted octanol–water partition coefficient (Wildman–Crippen LogP) is -0.179. The summed E-state index contributed by atoms with van der Waals surface area (Å²) in [5.41, 5.74) is 1.27. The van der Waals surface area contributed by atoms with Gasteiger partial charge in [-0.2, -0.15) is 0 Å². The minimum Gasteiger partial charge on any atom is -1.00 e. The fraction of sp³-hybridized carbons (Fsp3) is 0.0714. The highest BCUT2D eigenvalue weighted by atomic mass is 127. The van der Waals surface area contributed by atoms with Crippen molar-refractivity contribution in [1.29, 1.82) is 0 Å². The second-order valence-corrected chi connectivity index (χ2v) is 3.84. The molecule has 2 heteroatoms. The van der Waals surface area contributed by atoms with Gasteiger partial charge in [-0.15, -0.1) is 0 Å². The van der Waals surface area contributed by atoms with E-state index in [9.17, 15) is 0 Å². The van der Waals surface area contributed by atoms with Crippen LogP contribution in [0, 0.1) is 0 Å². The van der Waals surface area contributed by atoms with Gasteiger partial charge in [0.2, 0.25) is 5.52 Å². The maximum absolute atomic E-state index is 2.18. The molecule has 0 radical (unpaired) electrons. The molecule has 2 aromatic carbocycles. The van der Waals surface area contributed by atoms with Gasteiger partial charge in [0, 0.05) is 16.8 Å². The van der Waals surface area contributed by atoms with Crippen LogP contribution < -0.4 is 28.5 Å². The first kappa shape index (κ1) is 11.3. The molecule has 0 spiro atoms. The summed E-state index contributed by atoms with van der Waals surface area (Å²) in [5, 5.41) is 3.93. The van der Waals surface area contributed by atoms with Gasteiger partial charge < -0.3 is 24.0 Å². The lowest BCUT2D eigenvalue weighted by Gasteiger charge is -2.01. The van der Waals surface area contributed by atoms with Crippen molar-refractivity contribution in [2.75, 3.05) is 0 Å². The average molecular weight is 321 g/mol. The van der Waals surface area contributed by atoms with E-state index in [4.69, 9.17) is 0 Å². The standard InChI is InChI=1S/C14H12N.HI/c1-15-10-11-6-2-3-7-12(11)13-8-4-5-9-14(13)15;/h2-10H,1H3;1H/q+1;/p-1. The molecule has 3 rings (SSSR count). The van der Waals surface area contributed by atoms with Crippen LogP contribution in [0.5, 0.6) is 0 Å². The lowest BCUT2D eigenvalue weighted by molar-refractivity contribution is -0.643. The van der Waals surface area contributed by atoms with Gasteiger partial charge in [-0.25, -0.2) is 4.57 Å². The van der Waals surface area contributed by atoms with Crippen molar-refractivity contribution in [3.63, 3.8) is 0 Å². The first-order chi connectivity index (χ1) is 7.36. The molecule has 0 unspecified atom stereocenters. The van der Waals surface area contributed by atoms with Crippen molar-refractivity contribution in [2.45, 2.75) is 0 Å².